The Kier molecular flexibility index (Phi) is 237. The van der Waals surface area contributed by atoms with Gasteiger partial charge in [-0.3, -0.25) is 0 Å². The van der Waals surface area contributed by atoms with Gasteiger partial charge < -0.3 is 5.48 Å². The van der Waals surface area contributed by atoms with Crippen molar-refractivity contribution in [2.45, 2.75) is 0 Å². The molecule has 0 aliphatic rings. The fourth-order valence-electron chi connectivity index (χ4n) is 0. The molecule has 0 spiro atoms. The van der Waals surface area contributed by atoms with Crippen LogP contribution < -0.4 is 0 Å². The van der Waals surface area contributed by atoms with Crippen molar-refractivity contribution in [1.29, 1.82) is 0 Å². The zero-order valence-corrected chi connectivity index (χ0v) is 12.9. The van der Waals surface area contributed by atoms with Crippen LogP contribution in [0.4, 0.5) is 0 Å². The molecule has 0 rings (SSSR count). The third kappa shape index (κ3) is 23.0. The number of hydrogen-bond donors (Lipinski definition) is 0. The zero-order chi connectivity index (χ0) is 0. The molecule has 6 heteroatoms. The van der Waals surface area contributed by atoms with Crippen LogP contribution in [-0.4, -0.2) is 137 Å². The molecule has 0 aromatic rings. The molecule has 1 nitrogen and oxygen atoms in total. The van der Waals surface area contributed by atoms with Crippen molar-refractivity contribution in [3.63, 3.8) is 0 Å². The molecule has 0 aliphatic carbocycles. The van der Waals surface area contributed by atoms with Crippen LogP contribution in [0, 0.1) is 0 Å². The van der Waals surface area contributed by atoms with Crippen molar-refractivity contribution in [2.24, 2.45) is 0 Å². The Hall–Kier alpha value is 5.02. The van der Waals surface area contributed by atoms with E-state index in [-0.39, 0.29) is 159 Å². The minimum absolute atomic E-state index is 0. The summed E-state index contributed by atoms with van der Waals surface area (Å²) in [5.74, 6) is 0. The van der Waals surface area contributed by atoms with Gasteiger partial charge in [0.25, 0.3) is 0 Å². The second-order valence-corrected chi connectivity index (χ2v) is 0. The molecule has 0 saturated carbocycles. The third-order valence-electron chi connectivity index (χ3n) is 0. The molecule has 0 amide bonds. The van der Waals surface area contributed by atoms with Gasteiger partial charge in [-0.15, -0.1) is 0 Å². The Labute approximate surface area is 154 Å². The Bertz CT molecular complexity index is 15.5. The standard InChI is InChI=1S/Bi.Ca.Cu.O.Pb.Sr.2H/q;+2;;-2;;;;. The van der Waals surface area contributed by atoms with E-state index in [1.54, 1.807) is 0 Å². The topological polar surface area (TPSA) is 28.5 Å². The van der Waals surface area contributed by atoms with Gasteiger partial charge in [0.1, 0.15) is 0 Å². The van der Waals surface area contributed by atoms with Gasteiger partial charge in [0, 0.05) is 70.6 Å². The number of rotatable bonds is 0. The SMILES string of the molecule is [Bi].[Ca+2].[Cu].[O-2].[Pb].[SrH2]. The summed E-state index contributed by atoms with van der Waals surface area (Å²) in [5, 5.41) is 0. The van der Waals surface area contributed by atoms with E-state index in [9.17, 15) is 0 Å². The molecule has 0 fully saturated rings. The van der Waals surface area contributed by atoms with Crippen molar-refractivity contribution < 1.29 is 22.5 Å². The molecule has 0 atom stereocenters. The zero-order valence-electron chi connectivity index (χ0n) is 2.36. The minimum atomic E-state index is 0. The van der Waals surface area contributed by atoms with E-state index in [4.69, 9.17) is 0 Å². The van der Waals surface area contributed by atoms with Crippen LogP contribution >= 0.6 is 0 Å². The van der Waals surface area contributed by atoms with Crippen LogP contribution in [0.15, 0.2) is 0 Å². The van der Waals surface area contributed by atoms with Crippen LogP contribution in [-0.2, 0) is 22.5 Å². The van der Waals surface area contributed by atoms with Crippen LogP contribution in [0.1, 0.15) is 0 Å². The van der Waals surface area contributed by atoms with Crippen LogP contribution in [0.25, 0.3) is 0 Å². The van der Waals surface area contributed by atoms with Gasteiger partial charge in [-0.2, -0.15) is 0 Å². The van der Waals surface area contributed by atoms with E-state index in [1.807, 2.05) is 0 Å². The summed E-state index contributed by atoms with van der Waals surface area (Å²) in [7, 11) is 0. The predicted molar refractivity (Wildman–Crippen MR) is 26.5 cm³/mol. The maximum absolute atomic E-state index is 0. The second-order valence-electron chi connectivity index (χ2n) is 0. The van der Waals surface area contributed by atoms with E-state index < -0.39 is 0 Å². The Morgan fingerprint density at radius 1 is 1.00 bits per heavy atom. The maximum atomic E-state index is 0. The van der Waals surface area contributed by atoms with Gasteiger partial charge in [-0.25, -0.2) is 0 Å². The molecule has 0 N–H and O–H groups in total. The van der Waals surface area contributed by atoms with Crippen molar-refractivity contribution in [3.05, 3.63) is 0 Å². The van der Waals surface area contributed by atoms with E-state index in [1.165, 1.54) is 0 Å². The summed E-state index contributed by atoms with van der Waals surface area (Å²) >= 11 is 0. The molecule has 0 aliphatic heterocycles. The van der Waals surface area contributed by atoms with Crippen molar-refractivity contribution in [3.8, 4) is 0 Å². The van der Waals surface area contributed by atoms with Gasteiger partial charge in [0.05, 0.1) is 0 Å². The quantitative estimate of drug-likeness (QED) is 0.275. The summed E-state index contributed by atoms with van der Waals surface area (Å²) in [6.07, 6.45) is 0. The summed E-state index contributed by atoms with van der Waals surface area (Å²) in [6.45, 7) is 0. The van der Waals surface area contributed by atoms with E-state index in [0.717, 1.165) is 0 Å². The first kappa shape index (κ1) is 43.9. The van der Waals surface area contributed by atoms with Crippen molar-refractivity contribution in [2.75, 3.05) is 0 Å². The second kappa shape index (κ2) is 32.3. The number of hydrogen-bond acceptors (Lipinski definition) is 0. The van der Waals surface area contributed by atoms with Crippen LogP contribution in [0.5, 0.6) is 0 Å². The summed E-state index contributed by atoms with van der Waals surface area (Å²) in [5.41, 5.74) is 0. The van der Waals surface area contributed by atoms with Gasteiger partial charge in [0.2, 0.25) is 0 Å². The molecule has 0 heterocycles. The first-order chi connectivity index (χ1) is 0. The first-order valence-electron chi connectivity index (χ1n) is 0. The van der Waals surface area contributed by atoms with E-state index >= 15 is 0 Å². The third-order valence-corrected chi connectivity index (χ3v) is 0. The predicted octanol–water partition coefficient (Wildman–Crippen LogP) is -2.18. The molecule has 0 aromatic heterocycles. The fraction of sp³-hybridized carbons (Fsp3) is 0. The molecule has 0 unspecified atom stereocenters. The van der Waals surface area contributed by atoms with E-state index in [0.29, 0.717) is 0 Å². The molecule has 6 heavy (non-hydrogen) atoms. The molecule has 0 bridgehead atoms. The van der Waals surface area contributed by atoms with Gasteiger partial charge in [-0.05, 0) is 0 Å². The molecular formula is H2BiCaCuOPbSr. The van der Waals surface area contributed by atoms with Gasteiger partial charge >= 0.3 is 83.2 Å². The first-order valence-corrected chi connectivity index (χ1v) is 0. The van der Waals surface area contributed by atoms with Gasteiger partial charge in [0.15, 0.2) is 0 Å². The monoisotopic (exact) mass is 626 g/mol. The molecule has 8 radical (unpaired) electrons. The van der Waals surface area contributed by atoms with Crippen molar-refractivity contribution in [1.82, 2.24) is 0 Å². The Morgan fingerprint density at radius 2 is 1.00 bits per heavy atom. The average Bonchev–Trinajstić information content (AvgIpc) is 0. The molecule has 0 saturated heterocycles. The summed E-state index contributed by atoms with van der Waals surface area (Å²) < 4.78 is 0. The Balaban J connectivity index is 0. The summed E-state index contributed by atoms with van der Waals surface area (Å²) in [6, 6.07) is 0. The van der Waals surface area contributed by atoms with Crippen LogP contribution in [0.2, 0.25) is 0 Å². The fourth-order valence-corrected chi connectivity index (χ4v) is 0. The average molecular weight is 625 g/mol. The van der Waals surface area contributed by atoms with E-state index in [2.05, 4.69) is 0 Å². The Morgan fingerprint density at radius 3 is 1.00 bits per heavy atom. The molecule has 32 valence electrons. The molecule has 0 aromatic carbocycles. The van der Waals surface area contributed by atoms with Crippen molar-refractivity contribution >= 4 is 137 Å². The van der Waals surface area contributed by atoms with Gasteiger partial charge in [-0.1, -0.05) is 0 Å². The molecular weight excluding hydrogens is 623 g/mol. The summed E-state index contributed by atoms with van der Waals surface area (Å²) in [4.78, 5) is 0. The van der Waals surface area contributed by atoms with Crippen LogP contribution in [0.3, 0.4) is 0 Å². The normalized spacial score (nSPS) is 0.